The molecule has 1 aromatic heterocycles. The molecule has 0 N–H and O–H groups in total. The number of hydrogen-bond donors (Lipinski definition) is 0. The Balaban J connectivity index is 0.00000128. The SMILES string of the molecule is [CH3-].[CH3-].[Hf+4].[c-]1ccc2ccccc2c1-c1cccc(C([N-]C2CCCCC2)c2ccccc2)n1. The average Bonchev–Trinajstić information content (AvgIpc) is 2.83. The minimum absolute atomic E-state index is 0. The van der Waals surface area contributed by atoms with Gasteiger partial charge in [-0.15, -0.1) is 35.2 Å². The standard InChI is InChI=1S/C28H26N2.2CH3.Hf/c1-3-12-22(13-4-1)28(29-23-15-5-2-6-16-23)27-20-10-19-26(30-27)25-18-9-14-21-11-7-8-17-24(21)25;;;/h1,3-4,7-14,17,19-20,23,28H,2,5-6,15-16H2;2*1H3;/q-2;2*-1;+4. The summed E-state index contributed by atoms with van der Waals surface area (Å²) >= 11 is 0. The molecule has 33 heavy (non-hydrogen) atoms. The van der Waals surface area contributed by atoms with Crippen LogP contribution in [-0.2, 0) is 25.8 Å². The van der Waals surface area contributed by atoms with Crippen LogP contribution in [0.5, 0.6) is 0 Å². The smallest absolute Gasteiger partial charge is 0.648 e. The van der Waals surface area contributed by atoms with Gasteiger partial charge in [-0.05, 0) is 11.8 Å². The van der Waals surface area contributed by atoms with Gasteiger partial charge in [0.15, 0.2) is 0 Å². The van der Waals surface area contributed by atoms with Crippen molar-refractivity contribution < 1.29 is 25.8 Å². The summed E-state index contributed by atoms with van der Waals surface area (Å²) in [6.07, 6.45) is 6.30. The van der Waals surface area contributed by atoms with Crippen molar-refractivity contribution in [3.8, 4) is 11.3 Å². The molecular formula is C30H32HfN2. The Morgan fingerprint density at radius 1 is 0.788 bits per heavy atom. The maximum Gasteiger partial charge on any atom is 4.00 e. The fourth-order valence-corrected chi connectivity index (χ4v) is 4.53. The second-order valence-corrected chi connectivity index (χ2v) is 8.14. The van der Waals surface area contributed by atoms with E-state index in [4.69, 9.17) is 10.3 Å². The van der Waals surface area contributed by atoms with Crippen molar-refractivity contribution in [2.45, 2.75) is 44.2 Å². The predicted octanol–water partition coefficient (Wildman–Crippen LogP) is 8.40. The fraction of sp³-hybridized carbons (Fsp3) is 0.233. The molecule has 0 spiro atoms. The molecule has 1 fully saturated rings. The van der Waals surface area contributed by atoms with E-state index in [2.05, 4.69) is 84.9 Å². The van der Waals surface area contributed by atoms with Gasteiger partial charge in [0, 0.05) is 5.69 Å². The van der Waals surface area contributed by atoms with Gasteiger partial charge in [-0.25, -0.2) is 0 Å². The Bertz CT molecular complexity index is 1110. The molecule has 0 aliphatic heterocycles. The van der Waals surface area contributed by atoms with E-state index in [9.17, 15) is 0 Å². The van der Waals surface area contributed by atoms with Crippen LogP contribution in [-0.4, -0.2) is 11.0 Å². The molecule has 0 radical (unpaired) electrons. The van der Waals surface area contributed by atoms with E-state index in [1.165, 1.54) is 48.4 Å². The summed E-state index contributed by atoms with van der Waals surface area (Å²) in [7, 11) is 0. The molecule has 0 bridgehead atoms. The maximum absolute atomic E-state index is 5.30. The zero-order valence-corrected chi connectivity index (χ0v) is 23.3. The summed E-state index contributed by atoms with van der Waals surface area (Å²) < 4.78 is 0. The van der Waals surface area contributed by atoms with Crippen LogP contribution in [0.3, 0.4) is 0 Å². The van der Waals surface area contributed by atoms with Crippen LogP contribution < -0.4 is 0 Å². The Kier molecular flexibility index (Phi) is 10.7. The van der Waals surface area contributed by atoms with Crippen molar-refractivity contribution in [2.24, 2.45) is 0 Å². The van der Waals surface area contributed by atoms with E-state index in [0.29, 0.717) is 6.04 Å². The zero-order chi connectivity index (χ0) is 20.2. The maximum atomic E-state index is 5.30. The van der Waals surface area contributed by atoms with Crippen LogP contribution in [0.1, 0.15) is 49.4 Å². The molecule has 1 saturated carbocycles. The summed E-state index contributed by atoms with van der Waals surface area (Å²) in [5.74, 6) is 0. The van der Waals surface area contributed by atoms with E-state index in [1.807, 2.05) is 6.07 Å². The van der Waals surface area contributed by atoms with Crippen LogP contribution in [0.4, 0.5) is 0 Å². The van der Waals surface area contributed by atoms with Crippen LogP contribution >= 0.6 is 0 Å². The molecule has 1 aliphatic rings. The Hall–Kier alpha value is -2.10. The first kappa shape index (κ1) is 27.1. The number of hydrogen-bond acceptors (Lipinski definition) is 1. The first-order valence-corrected chi connectivity index (χ1v) is 11.0. The minimum Gasteiger partial charge on any atom is -0.648 e. The first-order valence-electron chi connectivity index (χ1n) is 11.0. The number of benzene rings is 3. The Morgan fingerprint density at radius 2 is 1.52 bits per heavy atom. The van der Waals surface area contributed by atoms with Crippen LogP contribution in [0, 0.1) is 20.9 Å². The van der Waals surface area contributed by atoms with Gasteiger partial charge in [0.1, 0.15) is 0 Å². The van der Waals surface area contributed by atoms with Gasteiger partial charge in [-0.1, -0.05) is 116 Å². The molecule has 1 heterocycles. The monoisotopic (exact) mass is 600 g/mol. The third-order valence-corrected chi connectivity index (χ3v) is 6.08. The third-order valence-electron chi connectivity index (χ3n) is 6.08. The summed E-state index contributed by atoms with van der Waals surface area (Å²) in [4.78, 5) is 5.11. The van der Waals surface area contributed by atoms with Crippen LogP contribution in [0.15, 0.2) is 84.9 Å². The van der Waals surface area contributed by atoms with Gasteiger partial charge >= 0.3 is 25.8 Å². The Morgan fingerprint density at radius 3 is 2.30 bits per heavy atom. The number of nitrogens with zero attached hydrogens (tertiary/aromatic N) is 2. The third kappa shape index (κ3) is 6.28. The van der Waals surface area contributed by atoms with Crippen molar-refractivity contribution in [2.75, 3.05) is 0 Å². The van der Waals surface area contributed by atoms with Gasteiger partial charge in [0.2, 0.25) is 0 Å². The molecule has 4 aromatic rings. The minimum atomic E-state index is -0.0239. The molecule has 1 atom stereocenters. The normalized spacial score (nSPS) is 14.4. The van der Waals surface area contributed by atoms with Crippen LogP contribution in [0.2, 0.25) is 0 Å². The molecule has 3 heteroatoms. The molecule has 1 unspecified atom stereocenters. The van der Waals surface area contributed by atoms with Crippen molar-refractivity contribution >= 4 is 10.8 Å². The average molecular weight is 599 g/mol. The predicted molar refractivity (Wildman–Crippen MR) is 137 cm³/mol. The van der Waals surface area contributed by atoms with Crippen molar-refractivity contribution in [1.29, 1.82) is 0 Å². The number of aromatic nitrogens is 1. The Labute approximate surface area is 218 Å². The second-order valence-electron chi connectivity index (χ2n) is 8.14. The van der Waals surface area contributed by atoms with E-state index in [-0.39, 0.29) is 46.7 Å². The summed E-state index contributed by atoms with van der Waals surface area (Å²) in [5.41, 5.74) is 4.25. The molecule has 1 aliphatic carbocycles. The zero-order valence-electron chi connectivity index (χ0n) is 19.7. The van der Waals surface area contributed by atoms with E-state index in [0.717, 1.165) is 17.0 Å². The molecule has 0 saturated heterocycles. The molecule has 0 amide bonds. The largest absolute Gasteiger partial charge is 4.00 e. The topological polar surface area (TPSA) is 27.0 Å². The molecule has 166 valence electrons. The quantitative estimate of drug-likeness (QED) is 0.167. The number of fused-ring (bicyclic) bond motifs is 1. The van der Waals surface area contributed by atoms with E-state index >= 15 is 0 Å². The van der Waals surface area contributed by atoms with Crippen molar-refractivity contribution in [1.82, 2.24) is 4.98 Å². The van der Waals surface area contributed by atoms with Gasteiger partial charge in [0.25, 0.3) is 0 Å². The van der Waals surface area contributed by atoms with Gasteiger partial charge in [-0.3, -0.25) is 0 Å². The summed E-state index contributed by atoms with van der Waals surface area (Å²) in [6.45, 7) is 0. The van der Waals surface area contributed by atoms with E-state index in [1.54, 1.807) is 0 Å². The second kappa shape index (κ2) is 13.0. The molecule has 2 nitrogen and oxygen atoms in total. The van der Waals surface area contributed by atoms with Gasteiger partial charge < -0.3 is 25.2 Å². The summed E-state index contributed by atoms with van der Waals surface area (Å²) in [5, 5.41) is 7.70. The van der Waals surface area contributed by atoms with Crippen LogP contribution in [0.25, 0.3) is 27.3 Å². The van der Waals surface area contributed by atoms with E-state index < -0.39 is 0 Å². The molecule has 5 rings (SSSR count). The summed E-state index contributed by atoms with van der Waals surface area (Å²) in [6, 6.07) is 33.3. The number of pyridine rings is 1. The van der Waals surface area contributed by atoms with Crippen molar-refractivity contribution in [3.05, 3.63) is 122 Å². The van der Waals surface area contributed by atoms with Gasteiger partial charge in [-0.2, -0.15) is 0 Å². The molecular weight excluding hydrogens is 567 g/mol. The first-order chi connectivity index (χ1) is 14.9. The molecule has 3 aromatic carbocycles. The fourth-order valence-electron chi connectivity index (χ4n) is 4.53. The van der Waals surface area contributed by atoms with Gasteiger partial charge in [0.05, 0.1) is 0 Å². The van der Waals surface area contributed by atoms with Crippen molar-refractivity contribution in [3.63, 3.8) is 0 Å². The number of rotatable bonds is 5.